The minimum Gasteiger partial charge on any atom is -0.394 e. The van der Waals surface area contributed by atoms with Crippen molar-refractivity contribution in [3.05, 3.63) is 42.6 Å². The van der Waals surface area contributed by atoms with Gasteiger partial charge in [-0.3, -0.25) is 0 Å². The second kappa shape index (κ2) is 7.69. The van der Waals surface area contributed by atoms with Crippen LogP contribution in [0.5, 0.6) is 0 Å². The molecule has 11 nitrogen and oxygen atoms in total. The van der Waals surface area contributed by atoms with E-state index in [0.717, 1.165) is 5.56 Å². The summed E-state index contributed by atoms with van der Waals surface area (Å²) >= 11 is 0. The molecule has 144 valence electrons. The Bertz CT molecular complexity index is 1140. The third kappa shape index (κ3) is 3.81. The van der Waals surface area contributed by atoms with Crippen LogP contribution in [0.15, 0.2) is 41.9 Å². The molecule has 0 aliphatic carbocycles. The second-order valence-corrected chi connectivity index (χ2v) is 7.48. The number of benzene rings is 1. The average Bonchev–Trinajstić information content (AvgIpc) is 3.21. The van der Waals surface area contributed by atoms with E-state index in [1.165, 1.54) is 35.7 Å². The second-order valence-electron chi connectivity index (χ2n) is 5.77. The number of rotatable bonds is 6. The highest BCUT2D eigenvalue weighted by atomic mass is 32.2. The minimum atomic E-state index is -4.03. The fourth-order valence-corrected chi connectivity index (χ4v) is 3.57. The standard InChI is InChI=1S/C16H16N8O3S/c1-10-2-3-12(28(26,27)23-11(5-17)7-25)4-13(10)14-6-20-15(18)16(22-14)24-9-19-8-21-24/h2-4,6,8-9,11,23,25H,7H2,1H3,(H2,18,20)/t11-/m1/s1. The summed E-state index contributed by atoms with van der Waals surface area (Å²) in [6.45, 7) is 1.15. The molecular formula is C16H16N8O3S. The summed E-state index contributed by atoms with van der Waals surface area (Å²) in [6.07, 6.45) is 4.16. The number of hydrogen-bond donors (Lipinski definition) is 3. The molecule has 0 fully saturated rings. The average molecular weight is 400 g/mol. The number of aliphatic hydroxyl groups is 1. The van der Waals surface area contributed by atoms with Crippen LogP contribution in [0.25, 0.3) is 17.1 Å². The van der Waals surface area contributed by atoms with E-state index in [0.29, 0.717) is 11.3 Å². The monoisotopic (exact) mass is 400 g/mol. The predicted molar refractivity (Wildman–Crippen MR) is 98.3 cm³/mol. The Hall–Kier alpha value is -3.40. The predicted octanol–water partition coefficient (Wildman–Crippen LogP) is -0.222. The fraction of sp³-hybridized carbons (Fsp3) is 0.188. The molecule has 4 N–H and O–H groups in total. The third-order valence-corrected chi connectivity index (χ3v) is 5.32. The molecule has 0 saturated heterocycles. The molecular weight excluding hydrogens is 384 g/mol. The number of nitrogen functional groups attached to an aromatic ring is 1. The van der Waals surface area contributed by atoms with Crippen LogP contribution in [0.3, 0.4) is 0 Å². The van der Waals surface area contributed by atoms with Crippen LogP contribution in [0, 0.1) is 18.3 Å². The van der Waals surface area contributed by atoms with Gasteiger partial charge in [-0.25, -0.2) is 23.4 Å². The Morgan fingerprint density at radius 2 is 2.21 bits per heavy atom. The van der Waals surface area contributed by atoms with Crippen LogP contribution in [-0.4, -0.2) is 50.9 Å². The van der Waals surface area contributed by atoms with Crippen molar-refractivity contribution < 1.29 is 13.5 Å². The van der Waals surface area contributed by atoms with Crippen LogP contribution < -0.4 is 10.5 Å². The lowest BCUT2D eigenvalue weighted by molar-refractivity contribution is 0.279. The summed E-state index contributed by atoms with van der Waals surface area (Å²) in [6, 6.07) is 4.85. The minimum absolute atomic E-state index is 0.0808. The maximum absolute atomic E-state index is 12.5. The van der Waals surface area contributed by atoms with E-state index < -0.39 is 22.7 Å². The summed E-state index contributed by atoms with van der Waals surface area (Å²) in [5, 5.41) is 21.9. The highest BCUT2D eigenvalue weighted by Crippen LogP contribution is 2.26. The number of aliphatic hydroxyl groups excluding tert-OH is 1. The van der Waals surface area contributed by atoms with Gasteiger partial charge in [0.2, 0.25) is 10.0 Å². The van der Waals surface area contributed by atoms with Gasteiger partial charge in [-0.2, -0.15) is 19.8 Å². The van der Waals surface area contributed by atoms with Crippen molar-refractivity contribution in [1.29, 1.82) is 5.26 Å². The van der Waals surface area contributed by atoms with E-state index in [1.54, 1.807) is 19.1 Å². The molecule has 0 radical (unpaired) electrons. The Morgan fingerprint density at radius 3 is 2.86 bits per heavy atom. The van der Waals surface area contributed by atoms with Gasteiger partial charge in [-0.1, -0.05) is 6.07 Å². The Morgan fingerprint density at radius 1 is 1.43 bits per heavy atom. The lowest BCUT2D eigenvalue weighted by atomic mass is 10.1. The summed E-state index contributed by atoms with van der Waals surface area (Å²) in [7, 11) is -4.03. The van der Waals surface area contributed by atoms with Crippen molar-refractivity contribution in [2.45, 2.75) is 17.9 Å². The molecule has 12 heteroatoms. The molecule has 3 rings (SSSR count). The first-order chi connectivity index (χ1) is 13.4. The molecule has 2 heterocycles. The maximum Gasteiger partial charge on any atom is 0.241 e. The van der Waals surface area contributed by atoms with E-state index in [-0.39, 0.29) is 16.5 Å². The number of hydrogen-bond acceptors (Lipinski definition) is 9. The first-order valence-corrected chi connectivity index (χ1v) is 9.45. The van der Waals surface area contributed by atoms with Gasteiger partial charge in [-0.15, -0.1) is 0 Å². The SMILES string of the molecule is Cc1ccc(S(=O)(=O)N[C@H](C#N)CO)cc1-c1cnc(N)c(-n2cncn2)n1. The number of nitriles is 1. The van der Waals surface area contributed by atoms with Crippen LogP contribution in [0.4, 0.5) is 5.82 Å². The van der Waals surface area contributed by atoms with E-state index >= 15 is 0 Å². The van der Waals surface area contributed by atoms with Crippen molar-refractivity contribution in [2.75, 3.05) is 12.3 Å². The number of nitrogens with zero attached hydrogens (tertiary/aromatic N) is 6. The van der Waals surface area contributed by atoms with E-state index in [4.69, 9.17) is 16.1 Å². The zero-order valence-electron chi connectivity index (χ0n) is 14.7. The summed E-state index contributed by atoms with van der Waals surface area (Å²) in [5.41, 5.74) is 7.50. The summed E-state index contributed by atoms with van der Waals surface area (Å²) < 4.78 is 28.5. The molecule has 0 spiro atoms. The lowest BCUT2D eigenvalue weighted by Crippen LogP contribution is -2.36. The van der Waals surface area contributed by atoms with Crippen LogP contribution in [-0.2, 0) is 10.0 Å². The van der Waals surface area contributed by atoms with Gasteiger partial charge in [0.05, 0.1) is 29.5 Å². The Labute approximate surface area is 160 Å². The lowest BCUT2D eigenvalue weighted by Gasteiger charge is -2.13. The first-order valence-electron chi connectivity index (χ1n) is 7.97. The van der Waals surface area contributed by atoms with E-state index in [1.807, 2.05) is 0 Å². The molecule has 0 bridgehead atoms. The number of nitrogens with one attached hydrogen (secondary N) is 1. The number of aryl methyl sites for hydroxylation is 1. The normalized spacial score (nSPS) is 12.5. The maximum atomic E-state index is 12.5. The van der Waals surface area contributed by atoms with Crippen molar-refractivity contribution >= 4 is 15.8 Å². The smallest absolute Gasteiger partial charge is 0.241 e. The third-order valence-electron chi connectivity index (χ3n) is 3.85. The molecule has 0 amide bonds. The Kier molecular flexibility index (Phi) is 5.32. The Balaban J connectivity index is 2.06. The quantitative estimate of drug-likeness (QED) is 0.505. The van der Waals surface area contributed by atoms with E-state index in [9.17, 15) is 8.42 Å². The number of nitrogens with two attached hydrogens (primary N) is 1. The van der Waals surface area contributed by atoms with Crippen molar-refractivity contribution in [1.82, 2.24) is 29.5 Å². The molecule has 28 heavy (non-hydrogen) atoms. The molecule has 0 unspecified atom stereocenters. The number of anilines is 1. The summed E-state index contributed by atoms with van der Waals surface area (Å²) in [4.78, 5) is 12.3. The van der Waals surface area contributed by atoms with Gasteiger partial charge in [0.1, 0.15) is 18.7 Å². The van der Waals surface area contributed by atoms with Gasteiger partial charge in [0, 0.05) is 5.56 Å². The highest BCUT2D eigenvalue weighted by Gasteiger charge is 2.21. The zero-order chi connectivity index (χ0) is 20.3. The van der Waals surface area contributed by atoms with Crippen LogP contribution in [0.2, 0.25) is 0 Å². The number of aromatic nitrogens is 5. The molecule has 1 atom stereocenters. The molecule has 3 aromatic rings. The molecule has 1 aromatic carbocycles. The van der Waals surface area contributed by atoms with Crippen molar-refractivity contribution in [3.8, 4) is 23.1 Å². The molecule has 0 aliphatic heterocycles. The van der Waals surface area contributed by atoms with Gasteiger partial charge < -0.3 is 10.8 Å². The first kappa shape index (κ1) is 19.4. The number of sulfonamides is 1. The van der Waals surface area contributed by atoms with E-state index in [2.05, 4.69) is 24.8 Å². The largest absolute Gasteiger partial charge is 0.394 e. The fourth-order valence-electron chi connectivity index (χ4n) is 2.41. The summed E-state index contributed by atoms with van der Waals surface area (Å²) in [5.74, 6) is 0.391. The van der Waals surface area contributed by atoms with Crippen LogP contribution >= 0.6 is 0 Å². The zero-order valence-corrected chi connectivity index (χ0v) is 15.5. The van der Waals surface area contributed by atoms with Gasteiger partial charge in [0.25, 0.3) is 0 Å². The molecule has 2 aromatic heterocycles. The topological polar surface area (TPSA) is 173 Å². The van der Waals surface area contributed by atoms with Crippen LogP contribution in [0.1, 0.15) is 5.56 Å². The van der Waals surface area contributed by atoms with Gasteiger partial charge >= 0.3 is 0 Å². The molecule has 0 aliphatic rings. The van der Waals surface area contributed by atoms with Gasteiger partial charge in [-0.05, 0) is 24.6 Å². The van der Waals surface area contributed by atoms with Crippen molar-refractivity contribution in [3.63, 3.8) is 0 Å². The molecule has 0 saturated carbocycles. The van der Waals surface area contributed by atoms with Crippen molar-refractivity contribution in [2.24, 2.45) is 0 Å². The van der Waals surface area contributed by atoms with Gasteiger partial charge in [0.15, 0.2) is 11.6 Å². The highest BCUT2D eigenvalue weighted by molar-refractivity contribution is 7.89.